The Kier molecular flexibility index (Phi) is 4.07. The van der Waals surface area contributed by atoms with Gasteiger partial charge in [-0.25, -0.2) is 0 Å². The van der Waals surface area contributed by atoms with E-state index < -0.39 is 11.2 Å². The zero-order valence-electron chi connectivity index (χ0n) is 10.3. The Bertz CT molecular complexity index is 407. The van der Waals surface area contributed by atoms with Crippen LogP contribution < -0.4 is 0 Å². The van der Waals surface area contributed by atoms with Crippen LogP contribution in [-0.2, 0) is 11.2 Å². The van der Waals surface area contributed by atoms with Crippen LogP contribution in [0.3, 0.4) is 0 Å². The van der Waals surface area contributed by atoms with E-state index in [0.717, 1.165) is 0 Å². The molecule has 0 aliphatic rings. The lowest BCUT2D eigenvalue weighted by Crippen LogP contribution is -2.21. The van der Waals surface area contributed by atoms with Crippen LogP contribution in [0.15, 0.2) is 74.9 Å². The maximum absolute atomic E-state index is 10.2. The highest BCUT2D eigenvalue weighted by Crippen LogP contribution is 2.28. The molecule has 0 heterocycles. The summed E-state index contributed by atoms with van der Waals surface area (Å²) in [5, 5.41) is 20.3. The zero-order chi connectivity index (χ0) is 13.8. The van der Waals surface area contributed by atoms with Gasteiger partial charge in [0.25, 0.3) is 0 Å². The van der Waals surface area contributed by atoms with Gasteiger partial charge in [-0.3, -0.25) is 0 Å². The highest BCUT2D eigenvalue weighted by molar-refractivity contribution is 5.38. The second-order valence-electron chi connectivity index (χ2n) is 4.04. The molecule has 1 aromatic rings. The Labute approximate surface area is 108 Å². The van der Waals surface area contributed by atoms with Crippen LogP contribution >= 0.6 is 0 Å². The minimum Gasteiger partial charge on any atom is -0.377 e. The zero-order valence-corrected chi connectivity index (χ0v) is 10.3. The van der Waals surface area contributed by atoms with Gasteiger partial charge in [-0.05, 0) is 11.1 Å². The van der Waals surface area contributed by atoms with E-state index in [1.54, 1.807) is 24.3 Å². The summed E-state index contributed by atoms with van der Waals surface area (Å²) in [5.41, 5.74) is -1.27. The van der Waals surface area contributed by atoms with Gasteiger partial charge in [-0.15, -0.1) is 0 Å². The fraction of sp³-hybridized carbons (Fsp3) is 0.125. The summed E-state index contributed by atoms with van der Waals surface area (Å²) >= 11 is 0. The Morgan fingerprint density at radius 3 is 1.06 bits per heavy atom. The first kappa shape index (κ1) is 14.2. The summed E-state index contributed by atoms with van der Waals surface area (Å²) in [6.07, 6.45) is 5.62. The third kappa shape index (κ3) is 2.35. The van der Waals surface area contributed by atoms with Gasteiger partial charge in [0.15, 0.2) is 0 Å². The van der Waals surface area contributed by atoms with Crippen molar-refractivity contribution in [3.63, 3.8) is 0 Å². The monoisotopic (exact) mass is 242 g/mol. The van der Waals surface area contributed by atoms with Crippen LogP contribution in [0.25, 0.3) is 0 Å². The predicted octanol–water partition coefficient (Wildman–Crippen LogP) is 2.81. The number of hydrogen-bond donors (Lipinski definition) is 2. The fourth-order valence-corrected chi connectivity index (χ4v) is 1.64. The molecule has 2 nitrogen and oxygen atoms in total. The molecular formula is C16H18O2. The lowest BCUT2D eigenvalue weighted by atomic mass is 9.89. The molecular weight excluding hydrogens is 224 g/mol. The van der Waals surface area contributed by atoms with Crippen molar-refractivity contribution < 1.29 is 10.2 Å². The van der Waals surface area contributed by atoms with Gasteiger partial charge in [0.2, 0.25) is 0 Å². The SMILES string of the molecule is C=CC(O)(C=C)c1ccc(C(O)(C=C)C=C)cc1. The minimum absolute atomic E-state index is 0.631. The second-order valence-corrected chi connectivity index (χ2v) is 4.04. The molecule has 0 radical (unpaired) electrons. The lowest BCUT2D eigenvalue weighted by Gasteiger charge is -2.24. The minimum atomic E-state index is -1.26. The smallest absolute Gasteiger partial charge is 0.126 e. The van der Waals surface area contributed by atoms with Crippen LogP contribution in [0, 0.1) is 0 Å². The molecule has 0 aliphatic carbocycles. The van der Waals surface area contributed by atoms with E-state index in [0.29, 0.717) is 11.1 Å². The lowest BCUT2D eigenvalue weighted by molar-refractivity contribution is 0.140. The average Bonchev–Trinajstić information content (AvgIpc) is 2.45. The second kappa shape index (κ2) is 5.17. The van der Waals surface area contributed by atoms with Gasteiger partial charge in [0.05, 0.1) is 0 Å². The quantitative estimate of drug-likeness (QED) is 0.753. The molecule has 2 N–H and O–H groups in total. The topological polar surface area (TPSA) is 40.5 Å². The van der Waals surface area contributed by atoms with Gasteiger partial charge < -0.3 is 10.2 Å². The highest BCUT2D eigenvalue weighted by atomic mass is 16.3. The highest BCUT2D eigenvalue weighted by Gasteiger charge is 2.24. The molecule has 1 rings (SSSR count). The van der Waals surface area contributed by atoms with Crippen LogP contribution in [-0.4, -0.2) is 10.2 Å². The number of rotatable bonds is 6. The van der Waals surface area contributed by atoms with Crippen LogP contribution in [0.1, 0.15) is 11.1 Å². The maximum Gasteiger partial charge on any atom is 0.126 e. The molecule has 0 fully saturated rings. The molecule has 0 unspecified atom stereocenters. The van der Waals surface area contributed by atoms with Gasteiger partial charge in [0.1, 0.15) is 11.2 Å². The standard InChI is InChI=1S/C16H18O2/c1-5-15(17,6-2)13-9-11-14(12-10-13)16(18,7-3)8-4/h5-12,17-18H,1-4H2. The molecule has 0 saturated heterocycles. The van der Waals surface area contributed by atoms with Crippen molar-refractivity contribution in [1.82, 2.24) is 0 Å². The van der Waals surface area contributed by atoms with Crippen molar-refractivity contribution in [3.05, 3.63) is 86.0 Å². The van der Waals surface area contributed by atoms with E-state index in [1.807, 2.05) is 0 Å². The van der Waals surface area contributed by atoms with Gasteiger partial charge in [-0.1, -0.05) is 74.9 Å². The summed E-state index contributed by atoms with van der Waals surface area (Å²) < 4.78 is 0. The summed E-state index contributed by atoms with van der Waals surface area (Å²) in [7, 11) is 0. The van der Waals surface area contributed by atoms with Crippen molar-refractivity contribution in [2.75, 3.05) is 0 Å². The van der Waals surface area contributed by atoms with Gasteiger partial charge in [-0.2, -0.15) is 0 Å². The molecule has 0 spiro atoms. The third-order valence-electron chi connectivity index (χ3n) is 3.05. The van der Waals surface area contributed by atoms with E-state index in [-0.39, 0.29) is 0 Å². The summed E-state index contributed by atoms with van der Waals surface area (Å²) in [6, 6.07) is 6.82. The van der Waals surface area contributed by atoms with Gasteiger partial charge in [0, 0.05) is 0 Å². The van der Waals surface area contributed by atoms with E-state index in [2.05, 4.69) is 26.3 Å². The Hall–Kier alpha value is -1.90. The van der Waals surface area contributed by atoms with Gasteiger partial charge >= 0.3 is 0 Å². The average molecular weight is 242 g/mol. The maximum atomic E-state index is 10.2. The fourth-order valence-electron chi connectivity index (χ4n) is 1.64. The van der Waals surface area contributed by atoms with E-state index >= 15 is 0 Å². The molecule has 0 aliphatic heterocycles. The molecule has 0 bridgehead atoms. The first-order chi connectivity index (χ1) is 8.45. The third-order valence-corrected chi connectivity index (χ3v) is 3.05. The van der Waals surface area contributed by atoms with Crippen molar-refractivity contribution in [2.45, 2.75) is 11.2 Å². The molecule has 0 atom stereocenters. The summed E-state index contributed by atoms with van der Waals surface area (Å²) in [6.45, 7) is 14.3. The molecule has 18 heavy (non-hydrogen) atoms. The Morgan fingerprint density at radius 2 is 0.889 bits per heavy atom. The number of aliphatic hydroxyl groups is 2. The number of benzene rings is 1. The normalized spacial score (nSPS) is 11.7. The van der Waals surface area contributed by atoms with Crippen molar-refractivity contribution >= 4 is 0 Å². The van der Waals surface area contributed by atoms with Crippen LogP contribution in [0.4, 0.5) is 0 Å². The summed E-state index contributed by atoms with van der Waals surface area (Å²) in [5.74, 6) is 0. The molecule has 94 valence electrons. The van der Waals surface area contributed by atoms with Crippen LogP contribution in [0.2, 0.25) is 0 Å². The van der Waals surface area contributed by atoms with Crippen molar-refractivity contribution in [3.8, 4) is 0 Å². The first-order valence-corrected chi connectivity index (χ1v) is 5.56. The van der Waals surface area contributed by atoms with Crippen molar-refractivity contribution in [2.24, 2.45) is 0 Å². The molecule has 1 aromatic carbocycles. The molecule has 2 heteroatoms. The van der Waals surface area contributed by atoms with Crippen molar-refractivity contribution in [1.29, 1.82) is 0 Å². The predicted molar refractivity (Wildman–Crippen MR) is 75.0 cm³/mol. The first-order valence-electron chi connectivity index (χ1n) is 5.56. The number of hydrogen-bond acceptors (Lipinski definition) is 2. The largest absolute Gasteiger partial charge is 0.377 e. The molecule has 0 saturated carbocycles. The summed E-state index contributed by atoms with van der Waals surface area (Å²) in [4.78, 5) is 0. The Morgan fingerprint density at radius 1 is 0.667 bits per heavy atom. The van der Waals surface area contributed by atoms with E-state index in [4.69, 9.17) is 0 Å². The molecule has 0 amide bonds. The van der Waals surface area contributed by atoms with E-state index in [1.165, 1.54) is 24.3 Å². The molecule has 0 aromatic heterocycles. The van der Waals surface area contributed by atoms with Crippen LogP contribution in [0.5, 0.6) is 0 Å². The Balaban J connectivity index is 3.22. The van der Waals surface area contributed by atoms with E-state index in [9.17, 15) is 10.2 Å².